The van der Waals surface area contributed by atoms with Crippen LogP contribution in [0.4, 0.5) is 13.2 Å². The SMILES string of the molecule is CN1CCC[C@H]1COCN1CCC(CCOc2ccc(-c3nc(C#N)nc4c3ccn4CC3CCCO3)cc2C(F)(F)F)CC1. The summed E-state index contributed by atoms with van der Waals surface area (Å²) in [4.78, 5) is 13.4. The van der Waals surface area contributed by atoms with Crippen molar-refractivity contribution in [1.29, 1.82) is 5.26 Å². The lowest BCUT2D eigenvalue weighted by Crippen LogP contribution is -2.37. The number of likely N-dealkylation sites (N-methyl/N-ethyl adjacent to an activating group) is 1. The van der Waals surface area contributed by atoms with Gasteiger partial charge in [0.05, 0.1) is 43.9 Å². The molecule has 45 heavy (non-hydrogen) atoms. The first-order chi connectivity index (χ1) is 21.8. The summed E-state index contributed by atoms with van der Waals surface area (Å²) in [5.41, 5.74) is 0.178. The Kier molecular flexibility index (Phi) is 9.90. The summed E-state index contributed by atoms with van der Waals surface area (Å²) < 4.78 is 62.2. The fourth-order valence-corrected chi connectivity index (χ4v) is 6.76. The average Bonchev–Trinajstić information content (AvgIpc) is 3.80. The Hall–Kier alpha value is -3.24. The van der Waals surface area contributed by atoms with Crippen molar-refractivity contribution >= 4 is 11.0 Å². The summed E-state index contributed by atoms with van der Waals surface area (Å²) in [5.74, 6) is 0.0987. The van der Waals surface area contributed by atoms with E-state index in [0.29, 0.717) is 49.3 Å². The quantitative estimate of drug-likeness (QED) is 0.267. The Morgan fingerprint density at radius 1 is 1.07 bits per heavy atom. The molecule has 242 valence electrons. The number of fused-ring (bicyclic) bond motifs is 1. The topological polar surface area (TPSA) is 88.7 Å². The van der Waals surface area contributed by atoms with Crippen LogP contribution in [0.1, 0.15) is 56.3 Å². The zero-order chi connectivity index (χ0) is 31.4. The predicted molar refractivity (Wildman–Crippen MR) is 163 cm³/mol. The van der Waals surface area contributed by atoms with E-state index >= 15 is 0 Å². The van der Waals surface area contributed by atoms with Crippen LogP contribution in [0.5, 0.6) is 5.75 Å². The lowest BCUT2D eigenvalue weighted by atomic mass is 9.94. The highest BCUT2D eigenvalue weighted by molar-refractivity contribution is 5.91. The molecule has 5 heterocycles. The Balaban J connectivity index is 1.08. The van der Waals surface area contributed by atoms with Gasteiger partial charge in [-0.15, -0.1) is 0 Å². The van der Waals surface area contributed by atoms with Gasteiger partial charge in [-0.3, -0.25) is 4.90 Å². The van der Waals surface area contributed by atoms with Crippen molar-refractivity contribution in [2.45, 2.75) is 69.8 Å². The molecule has 0 saturated carbocycles. The first-order valence-corrected chi connectivity index (χ1v) is 16.0. The van der Waals surface area contributed by atoms with Crippen LogP contribution in [0, 0.1) is 17.2 Å². The third kappa shape index (κ3) is 7.60. The second-order valence-electron chi connectivity index (χ2n) is 12.5. The van der Waals surface area contributed by atoms with Crippen LogP contribution in [0.3, 0.4) is 0 Å². The maximum atomic E-state index is 14.3. The number of ether oxygens (including phenoxy) is 3. The van der Waals surface area contributed by atoms with Gasteiger partial charge in [0.1, 0.15) is 17.5 Å². The van der Waals surface area contributed by atoms with Gasteiger partial charge in [-0.25, -0.2) is 9.97 Å². The molecule has 2 aromatic heterocycles. The maximum absolute atomic E-state index is 14.3. The Morgan fingerprint density at radius 3 is 2.62 bits per heavy atom. The van der Waals surface area contributed by atoms with E-state index < -0.39 is 11.7 Å². The van der Waals surface area contributed by atoms with Crippen molar-refractivity contribution in [3.05, 3.63) is 41.9 Å². The number of hydrogen-bond acceptors (Lipinski definition) is 8. The molecule has 3 saturated heterocycles. The van der Waals surface area contributed by atoms with E-state index in [1.54, 1.807) is 12.1 Å². The second-order valence-corrected chi connectivity index (χ2v) is 12.5. The lowest BCUT2D eigenvalue weighted by Gasteiger charge is -2.32. The number of nitrogens with zero attached hydrogens (tertiary/aromatic N) is 6. The molecule has 12 heteroatoms. The Labute approximate surface area is 261 Å². The molecule has 6 rings (SSSR count). The van der Waals surface area contributed by atoms with E-state index in [2.05, 4.69) is 26.8 Å². The highest BCUT2D eigenvalue weighted by Crippen LogP contribution is 2.40. The van der Waals surface area contributed by atoms with Gasteiger partial charge >= 0.3 is 6.18 Å². The molecule has 1 unspecified atom stereocenters. The Morgan fingerprint density at radius 2 is 1.91 bits per heavy atom. The first kappa shape index (κ1) is 31.7. The molecule has 0 radical (unpaired) electrons. The molecule has 0 spiro atoms. The Bertz CT molecular complexity index is 1490. The predicted octanol–water partition coefficient (Wildman–Crippen LogP) is 5.72. The zero-order valence-corrected chi connectivity index (χ0v) is 25.8. The van der Waals surface area contributed by atoms with E-state index in [0.717, 1.165) is 58.0 Å². The van der Waals surface area contributed by atoms with Crippen molar-refractivity contribution in [3.63, 3.8) is 0 Å². The van der Waals surface area contributed by atoms with Gasteiger partial charge in [0.15, 0.2) is 0 Å². The number of nitriles is 1. The normalized spacial score (nSPS) is 21.9. The second kappa shape index (κ2) is 14.0. The average molecular weight is 627 g/mol. The summed E-state index contributed by atoms with van der Waals surface area (Å²) >= 11 is 0. The highest BCUT2D eigenvalue weighted by atomic mass is 19.4. The van der Waals surface area contributed by atoms with Crippen molar-refractivity contribution < 1.29 is 27.4 Å². The van der Waals surface area contributed by atoms with Crippen LogP contribution in [0.2, 0.25) is 0 Å². The number of hydrogen-bond donors (Lipinski definition) is 0. The fourth-order valence-electron chi connectivity index (χ4n) is 6.76. The summed E-state index contributed by atoms with van der Waals surface area (Å²) in [6.45, 7) is 5.82. The maximum Gasteiger partial charge on any atom is 0.419 e. The highest BCUT2D eigenvalue weighted by Gasteiger charge is 2.35. The van der Waals surface area contributed by atoms with Crippen LogP contribution in [-0.2, 0) is 22.2 Å². The number of benzene rings is 1. The van der Waals surface area contributed by atoms with Gasteiger partial charge < -0.3 is 23.7 Å². The van der Waals surface area contributed by atoms with E-state index in [1.807, 2.05) is 16.8 Å². The molecule has 3 aliphatic heterocycles. The van der Waals surface area contributed by atoms with Gasteiger partial charge in [-0.1, -0.05) is 0 Å². The van der Waals surface area contributed by atoms with Crippen LogP contribution in [0.15, 0.2) is 30.5 Å². The summed E-state index contributed by atoms with van der Waals surface area (Å²) in [6.07, 6.45) is 4.19. The number of halogens is 3. The van der Waals surface area contributed by atoms with Gasteiger partial charge in [-0.05, 0) is 88.7 Å². The molecule has 3 aromatic rings. The van der Waals surface area contributed by atoms with E-state index in [4.69, 9.17) is 14.2 Å². The molecule has 2 atom stereocenters. The third-order valence-corrected chi connectivity index (χ3v) is 9.45. The molecule has 1 aromatic carbocycles. The number of aromatic nitrogens is 3. The van der Waals surface area contributed by atoms with Crippen LogP contribution < -0.4 is 4.74 Å². The van der Waals surface area contributed by atoms with Crippen LogP contribution >= 0.6 is 0 Å². The molecule has 9 nitrogen and oxygen atoms in total. The van der Waals surface area contributed by atoms with Crippen LogP contribution in [0.25, 0.3) is 22.3 Å². The number of alkyl halides is 3. The van der Waals surface area contributed by atoms with Gasteiger partial charge in [-0.2, -0.15) is 18.4 Å². The fraction of sp³-hybridized carbons (Fsp3) is 0.606. The molecule has 0 aliphatic carbocycles. The van der Waals surface area contributed by atoms with Crippen molar-refractivity contribution in [3.8, 4) is 23.1 Å². The zero-order valence-electron chi connectivity index (χ0n) is 25.8. The molecule has 0 N–H and O–H groups in total. The molecule has 3 fully saturated rings. The van der Waals surface area contributed by atoms with Crippen molar-refractivity contribution in [2.24, 2.45) is 5.92 Å². The monoisotopic (exact) mass is 626 g/mol. The van der Waals surface area contributed by atoms with Gasteiger partial charge in [0.2, 0.25) is 5.82 Å². The van der Waals surface area contributed by atoms with Crippen molar-refractivity contribution in [2.75, 3.05) is 53.2 Å². The minimum absolute atomic E-state index is 0.0353. The van der Waals surface area contributed by atoms with Gasteiger partial charge in [0.25, 0.3) is 0 Å². The van der Waals surface area contributed by atoms with E-state index in [1.165, 1.54) is 18.9 Å². The third-order valence-electron chi connectivity index (χ3n) is 9.45. The van der Waals surface area contributed by atoms with Crippen LogP contribution in [-0.4, -0.2) is 89.7 Å². The number of likely N-dealkylation sites (tertiary alicyclic amines) is 2. The smallest absolute Gasteiger partial charge is 0.419 e. The van der Waals surface area contributed by atoms with E-state index in [9.17, 15) is 18.4 Å². The minimum Gasteiger partial charge on any atom is -0.493 e. The molecular formula is C33H41F3N6O3. The summed E-state index contributed by atoms with van der Waals surface area (Å²) in [6, 6.07) is 8.26. The van der Waals surface area contributed by atoms with E-state index in [-0.39, 0.29) is 35.5 Å². The number of piperidine rings is 1. The minimum atomic E-state index is -4.63. The van der Waals surface area contributed by atoms with Gasteiger partial charge in [0, 0.05) is 42.9 Å². The summed E-state index contributed by atoms with van der Waals surface area (Å²) in [7, 11) is 2.15. The largest absolute Gasteiger partial charge is 0.493 e. The first-order valence-electron chi connectivity index (χ1n) is 16.0. The standard InChI is InChI=1S/C33H41F3N6O3/c1-40-12-2-4-25(40)21-43-22-41-13-8-23(9-14-41)11-17-45-29-7-6-24(18-28(29)33(34,35)36)31-27-10-15-42(20-26-5-3-16-44-26)32(27)39-30(19-37)38-31/h6-7,10,15,18,23,25-26H,2-5,8-9,11-14,16-17,20-22H2,1H3/t25-,26?/m0/s1. The molecule has 0 bridgehead atoms. The molecular weight excluding hydrogens is 585 g/mol. The lowest BCUT2D eigenvalue weighted by molar-refractivity contribution is -0.138. The van der Waals surface area contributed by atoms with Crippen molar-refractivity contribution in [1.82, 2.24) is 24.3 Å². The molecule has 3 aliphatic rings. The summed E-state index contributed by atoms with van der Waals surface area (Å²) in [5, 5.41) is 10.2. The molecule has 0 amide bonds. The number of rotatable bonds is 11.